The fourth-order valence-corrected chi connectivity index (χ4v) is 8.71. The van der Waals surface area contributed by atoms with Crippen LogP contribution in [-0.2, 0) is 28.6 Å². The van der Waals surface area contributed by atoms with Crippen LogP contribution in [0.1, 0.15) is 297 Å². The van der Waals surface area contributed by atoms with Crippen LogP contribution in [0.2, 0.25) is 0 Å². The molecule has 1 atom stereocenters. The Labute approximate surface area is 470 Å². The second-order valence-corrected chi connectivity index (χ2v) is 20.9. The lowest BCUT2D eigenvalue weighted by molar-refractivity contribution is -0.167. The maximum Gasteiger partial charge on any atom is 0.306 e. The van der Waals surface area contributed by atoms with Crippen molar-refractivity contribution in [2.75, 3.05) is 13.2 Å². The predicted molar refractivity (Wildman–Crippen MR) is 330 cm³/mol. The molecule has 0 saturated heterocycles. The van der Waals surface area contributed by atoms with E-state index in [1.54, 1.807) is 0 Å². The maximum absolute atomic E-state index is 12.8. The van der Waals surface area contributed by atoms with Gasteiger partial charge in [-0.2, -0.15) is 0 Å². The minimum atomic E-state index is -0.786. The van der Waals surface area contributed by atoms with E-state index in [1.165, 1.54) is 135 Å². The average molecular weight is 1060 g/mol. The van der Waals surface area contributed by atoms with Crippen molar-refractivity contribution in [3.63, 3.8) is 0 Å². The van der Waals surface area contributed by atoms with Crippen molar-refractivity contribution in [1.82, 2.24) is 0 Å². The number of hydrogen-bond donors (Lipinski definition) is 0. The molecule has 0 aliphatic rings. The van der Waals surface area contributed by atoms with Gasteiger partial charge < -0.3 is 14.2 Å². The van der Waals surface area contributed by atoms with Gasteiger partial charge in [-0.05, 0) is 128 Å². The first kappa shape index (κ1) is 72.1. The summed E-state index contributed by atoms with van der Waals surface area (Å²) >= 11 is 0. The van der Waals surface area contributed by atoms with Gasteiger partial charge in [-0.25, -0.2) is 0 Å². The second-order valence-electron chi connectivity index (χ2n) is 20.9. The molecule has 0 bridgehead atoms. The Kier molecular flexibility index (Phi) is 60.3. The Morgan fingerprint density at radius 3 is 0.842 bits per heavy atom. The molecule has 0 amide bonds. The van der Waals surface area contributed by atoms with E-state index in [9.17, 15) is 14.4 Å². The number of carbonyl (C=O) groups excluding carboxylic acids is 3. The van der Waals surface area contributed by atoms with Crippen LogP contribution in [-0.4, -0.2) is 37.2 Å². The van der Waals surface area contributed by atoms with Gasteiger partial charge in [-0.1, -0.05) is 259 Å². The van der Waals surface area contributed by atoms with Crippen molar-refractivity contribution in [3.8, 4) is 0 Å². The minimum Gasteiger partial charge on any atom is -0.462 e. The molecule has 0 aromatic rings. The average Bonchev–Trinajstić information content (AvgIpc) is 3.42. The van der Waals surface area contributed by atoms with E-state index >= 15 is 0 Å². The number of carbonyl (C=O) groups is 3. The van der Waals surface area contributed by atoms with Crippen LogP contribution in [0.15, 0.2) is 109 Å². The Bertz CT molecular complexity index is 1540. The van der Waals surface area contributed by atoms with Gasteiger partial charge in [-0.3, -0.25) is 14.4 Å². The predicted octanol–water partition coefficient (Wildman–Crippen LogP) is 21.8. The van der Waals surface area contributed by atoms with Crippen molar-refractivity contribution < 1.29 is 28.6 Å². The van der Waals surface area contributed by atoms with Gasteiger partial charge in [0.1, 0.15) is 13.2 Å². The van der Waals surface area contributed by atoms with Crippen molar-refractivity contribution >= 4 is 17.9 Å². The summed E-state index contributed by atoms with van der Waals surface area (Å²) in [6, 6.07) is 0. The largest absolute Gasteiger partial charge is 0.462 e. The van der Waals surface area contributed by atoms with Crippen molar-refractivity contribution in [1.29, 1.82) is 0 Å². The zero-order valence-electron chi connectivity index (χ0n) is 49.7. The SMILES string of the molecule is CC/C=C\C/C=C\C/C=C\C/C=C\C/C=C\C/C=C\C/C=C\CCCCCCCCCCCCCC(=O)OCC(COC(=O)CCCCCCC/C=C\CCCCC)OC(=O)CCCCCCC/C=C\CCCCCC. The molecule has 6 nitrogen and oxygen atoms in total. The van der Waals surface area contributed by atoms with E-state index < -0.39 is 6.10 Å². The van der Waals surface area contributed by atoms with Gasteiger partial charge in [0.15, 0.2) is 6.10 Å². The quantitative estimate of drug-likeness (QED) is 0.0261. The Morgan fingerprint density at radius 2 is 0.513 bits per heavy atom. The number of rotatable bonds is 57. The molecule has 0 N–H and O–H groups in total. The third-order valence-electron chi connectivity index (χ3n) is 13.5. The molecular formula is C70H118O6. The van der Waals surface area contributed by atoms with Crippen molar-refractivity contribution in [2.45, 2.75) is 303 Å². The van der Waals surface area contributed by atoms with E-state index in [-0.39, 0.29) is 31.1 Å². The molecular weight excluding hydrogens is 937 g/mol. The Hall–Kier alpha value is -3.93. The summed E-state index contributed by atoms with van der Waals surface area (Å²) in [5.74, 6) is -0.900. The summed E-state index contributed by atoms with van der Waals surface area (Å²) in [7, 11) is 0. The van der Waals surface area contributed by atoms with Gasteiger partial charge in [0.05, 0.1) is 0 Å². The maximum atomic E-state index is 12.8. The third kappa shape index (κ3) is 60.9. The van der Waals surface area contributed by atoms with Crippen LogP contribution in [0.3, 0.4) is 0 Å². The number of esters is 3. The molecule has 6 heteroatoms. The summed E-state index contributed by atoms with van der Waals surface area (Å²) in [5.41, 5.74) is 0. The molecule has 1 unspecified atom stereocenters. The van der Waals surface area contributed by atoms with Crippen molar-refractivity contribution in [3.05, 3.63) is 109 Å². The first-order valence-corrected chi connectivity index (χ1v) is 31.9. The second kappa shape index (κ2) is 63.6. The van der Waals surface area contributed by atoms with Crippen LogP contribution in [0.4, 0.5) is 0 Å². The Balaban J connectivity index is 4.18. The highest BCUT2D eigenvalue weighted by atomic mass is 16.6. The lowest BCUT2D eigenvalue weighted by atomic mass is 10.0. The molecule has 0 radical (unpaired) electrons. The van der Waals surface area contributed by atoms with Crippen LogP contribution in [0.5, 0.6) is 0 Å². The van der Waals surface area contributed by atoms with Gasteiger partial charge >= 0.3 is 17.9 Å². The first-order chi connectivity index (χ1) is 37.5. The summed E-state index contributed by atoms with van der Waals surface area (Å²) in [5, 5.41) is 0. The molecule has 0 rings (SSSR count). The fraction of sp³-hybridized carbons (Fsp3) is 0.700. The third-order valence-corrected chi connectivity index (χ3v) is 13.5. The highest BCUT2D eigenvalue weighted by Crippen LogP contribution is 2.15. The van der Waals surface area contributed by atoms with Crippen LogP contribution < -0.4 is 0 Å². The zero-order valence-corrected chi connectivity index (χ0v) is 49.7. The van der Waals surface area contributed by atoms with Gasteiger partial charge in [0.2, 0.25) is 0 Å². The van der Waals surface area contributed by atoms with E-state index in [1.807, 2.05) is 0 Å². The molecule has 0 fully saturated rings. The zero-order chi connectivity index (χ0) is 55.0. The molecule has 0 aromatic heterocycles. The van der Waals surface area contributed by atoms with E-state index in [0.29, 0.717) is 19.3 Å². The van der Waals surface area contributed by atoms with E-state index in [4.69, 9.17) is 14.2 Å². The molecule has 76 heavy (non-hydrogen) atoms. The molecule has 0 heterocycles. The summed E-state index contributed by atoms with van der Waals surface area (Å²) in [6.07, 6.45) is 86.7. The summed E-state index contributed by atoms with van der Waals surface area (Å²) in [4.78, 5) is 38.2. The number of allylic oxidation sites excluding steroid dienone is 18. The topological polar surface area (TPSA) is 78.9 Å². The molecule has 0 aliphatic carbocycles. The van der Waals surface area contributed by atoms with Crippen LogP contribution >= 0.6 is 0 Å². The highest BCUT2D eigenvalue weighted by molar-refractivity contribution is 5.71. The minimum absolute atomic E-state index is 0.0845. The van der Waals surface area contributed by atoms with Gasteiger partial charge in [0.25, 0.3) is 0 Å². The molecule has 0 aliphatic heterocycles. The van der Waals surface area contributed by atoms with E-state index in [2.05, 4.69) is 130 Å². The molecule has 0 aromatic carbocycles. The van der Waals surface area contributed by atoms with Crippen molar-refractivity contribution in [2.24, 2.45) is 0 Å². The van der Waals surface area contributed by atoms with Gasteiger partial charge in [0, 0.05) is 19.3 Å². The number of unbranched alkanes of at least 4 members (excludes halogenated alkanes) is 28. The smallest absolute Gasteiger partial charge is 0.306 e. The lowest BCUT2D eigenvalue weighted by Crippen LogP contribution is -2.30. The normalized spacial score (nSPS) is 12.8. The summed E-state index contributed by atoms with van der Waals surface area (Å²) in [6.45, 7) is 6.48. The molecule has 0 saturated carbocycles. The standard InChI is InChI=1S/C70H118O6/c1-4-7-10-13-16-19-22-25-26-27-28-29-30-31-32-33-34-35-36-37-38-39-40-41-42-43-44-46-48-51-54-57-60-63-69(72)75-66-67(65-74-68(71)62-59-56-53-50-47-24-21-18-15-12-9-6-3)76-70(73)64-61-58-55-52-49-45-23-20-17-14-11-8-5-2/h7,10,16,18-21,23,25-26,28-29,31-32,34-35,37-38,67H,4-6,8-9,11-15,17,22,24,27,30,33,36,39-66H2,1-3H3/b10-7-,19-16-,21-18-,23-20-,26-25-,29-28-,32-31-,35-34-,38-37-. The lowest BCUT2D eigenvalue weighted by Gasteiger charge is -2.18. The van der Waals surface area contributed by atoms with Crippen LogP contribution in [0, 0.1) is 0 Å². The molecule has 0 spiro atoms. The molecule has 434 valence electrons. The number of hydrogen-bond acceptors (Lipinski definition) is 6. The number of ether oxygens (including phenoxy) is 3. The monoisotopic (exact) mass is 1050 g/mol. The van der Waals surface area contributed by atoms with Gasteiger partial charge in [-0.15, -0.1) is 0 Å². The Morgan fingerprint density at radius 1 is 0.276 bits per heavy atom. The first-order valence-electron chi connectivity index (χ1n) is 31.9. The fourth-order valence-electron chi connectivity index (χ4n) is 8.71. The van der Waals surface area contributed by atoms with Crippen LogP contribution in [0.25, 0.3) is 0 Å². The summed E-state index contributed by atoms with van der Waals surface area (Å²) < 4.78 is 16.9. The highest BCUT2D eigenvalue weighted by Gasteiger charge is 2.19. The van der Waals surface area contributed by atoms with E-state index in [0.717, 1.165) is 122 Å².